The van der Waals surface area contributed by atoms with Gasteiger partial charge in [-0.15, -0.1) is 11.8 Å². The topological polar surface area (TPSA) is 40.5 Å². The van der Waals surface area contributed by atoms with Crippen molar-refractivity contribution in [1.29, 1.82) is 0 Å². The van der Waals surface area contributed by atoms with Gasteiger partial charge in [-0.25, -0.2) is 0 Å². The number of likely N-dealkylation sites (N-methyl/N-ethyl adjacent to an activating group) is 1. The van der Waals surface area contributed by atoms with E-state index in [2.05, 4.69) is 38.1 Å². The van der Waals surface area contributed by atoms with Crippen LogP contribution in [-0.4, -0.2) is 34.3 Å². The molecular weight excluding hydrogens is 402 g/mol. The fourth-order valence-electron chi connectivity index (χ4n) is 4.60. The number of carbonyl (C=O) groups is 1. The van der Waals surface area contributed by atoms with Crippen LogP contribution < -0.4 is 0 Å². The van der Waals surface area contributed by atoms with Crippen molar-refractivity contribution in [3.05, 3.63) is 65.7 Å². The molecule has 1 fully saturated rings. The Morgan fingerprint density at radius 1 is 1.00 bits per heavy atom. The van der Waals surface area contributed by atoms with Gasteiger partial charge in [-0.05, 0) is 42.5 Å². The van der Waals surface area contributed by atoms with Crippen LogP contribution in [0.25, 0.3) is 0 Å². The highest BCUT2D eigenvalue weighted by Crippen LogP contribution is 2.36. The van der Waals surface area contributed by atoms with Crippen molar-refractivity contribution in [2.24, 2.45) is 5.92 Å². The van der Waals surface area contributed by atoms with E-state index in [1.54, 1.807) is 4.90 Å². The minimum Gasteiger partial charge on any atom is -0.386 e. The van der Waals surface area contributed by atoms with Gasteiger partial charge in [-0.1, -0.05) is 82.0 Å². The van der Waals surface area contributed by atoms with Gasteiger partial charge in [-0.2, -0.15) is 0 Å². The molecule has 0 radical (unpaired) electrons. The highest BCUT2D eigenvalue weighted by atomic mass is 32.2. The molecule has 0 aromatic heterocycles. The average Bonchev–Trinajstić information content (AvgIpc) is 3.29. The summed E-state index contributed by atoms with van der Waals surface area (Å²) in [4.78, 5) is 16.7. The van der Waals surface area contributed by atoms with Gasteiger partial charge in [0.1, 0.15) is 0 Å². The average molecular weight is 440 g/mol. The van der Waals surface area contributed by atoms with E-state index in [9.17, 15) is 9.90 Å². The standard InChI is InChI=1S/C27H37NO2S/c1-19(2)31-24-16-14-22(15-17-24)25(18-21-10-8-9-11-21)27(30)28(4)20(3)26(29)23-12-6-5-7-13-23/h5-7,12-17,19-21,25-26,29H,8-11,18H2,1-4H3/t20-,25?,26+/m1/s1. The zero-order valence-electron chi connectivity index (χ0n) is 19.3. The van der Waals surface area contributed by atoms with E-state index >= 15 is 0 Å². The molecule has 3 atom stereocenters. The predicted octanol–water partition coefficient (Wildman–Crippen LogP) is 6.43. The summed E-state index contributed by atoms with van der Waals surface area (Å²) < 4.78 is 0. The maximum Gasteiger partial charge on any atom is 0.230 e. The second-order valence-electron chi connectivity index (χ2n) is 9.22. The SMILES string of the molecule is CC(C)Sc1ccc(C(CC2CCCC2)C(=O)N(C)[C@H](C)[C@H](O)c2ccccc2)cc1. The first-order valence-corrected chi connectivity index (χ1v) is 12.5. The van der Waals surface area contributed by atoms with Gasteiger partial charge in [0, 0.05) is 17.2 Å². The number of rotatable bonds is 9. The fraction of sp³-hybridized carbons (Fsp3) is 0.519. The summed E-state index contributed by atoms with van der Waals surface area (Å²) in [6.07, 6.45) is 5.18. The molecule has 1 N–H and O–H groups in total. The summed E-state index contributed by atoms with van der Waals surface area (Å²) in [5.74, 6) is 0.566. The van der Waals surface area contributed by atoms with Gasteiger partial charge >= 0.3 is 0 Å². The van der Waals surface area contributed by atoms with Crippen molar-refractivity contribution >= 4 is 17.7 Å². The van der Waals surface area contributed by atoms with Crippen LogP contribution in [0.15, 0.2) is 59.5 Å². The predicted molar refractivity (Wildman–Crippen MR) is 130 cm³/mol. The van der Waals surface area contributed by atoms with E-state index in [4.69, 9.17) is 0 Å². The monoisotopic (exact) mass is 439 g/mol. The van der Waals surface area contributed by atoms with Crippen LogP contribution in [0, 0.1) is 5.92 Å². The summed E-state index contributed by atoms with van der Waals surface area (Å²) in [5.41, 5.74) is 1.94. The fourth-order valence-corrected chi connectivity index (χ4v) is 5.43. The number of hydrogen-bond donors (Lipinski definition) is 1. The third-order valence-electron chi connectivity index (χ3n) is 6.55. The van der Waals surface area contributed by atoms with E-state index in [-0.39, 0.29) is 17.9 Å². The Kier molecular flexibility index (Phi) is 8.62. The first-order valence-electron chi connectivity index (χ1n) is 11.6. The van der Waals surface area contributed by atoms with Gasteiger partial charge in [0.15, 0.2) is 0 Å². The van der Waals surface area contributed by atoms with Crippen molar-refractivity contribution in [2.75, 3.05) is 7.05 Å². The zero-order valence-corrected chi connectivity index (χ0v) is 20.1. The second-order valence-corrected chi connectivity index (χ2v) is 10.9. The molecule has 1 unspecified atom stereocenters. The highest BCUT2D eigenvalue weighted by Gasteiger charge is 2.32. The number of hydrogen-bond acceptors (Lipinski definition) is 3. The van der Waals surface area contributed by atoms with Crippen molar-refractivity contribution in [2.45, 2.75) is 81.1 Å². The Labute approximate surface area is 192 Å². The largest absolute Gasteiger partial charge is 0.386 e. The number of nitrogens with zero attached hydrogens (tertiary/aromatic N) is 1. The molecule has 31 heavy (non-hydrogen) atoms. The minimum atomic E-state index is -0.702. The molecule has 0 saturated heterocycles. The van der Waals surface area contributed by atoms with E-state index < -0.39 is 6.10 Å². The third-order valence-corrected chi connectivity index (χ3v) is 7.57. The normalized spacial score (nSPS) is 17.5. The van der Waals surface area contributed by atoms with Crippen LogP contribution in [0.4, 0.5) is 0 Å². The van der Waals surface area contributed by atoms with Crippen LogP contribution in [0.1, 0.15) is 76.0 Å². The summed E-state index contributed by atoms with van der Waals surface area (Å²) in [5, 5.41) is 11.4. The molecule has 3 rings (SSSR count). The Morgan fingerprint density at radius 2 is 1.61 bits per heavy atom. The van der Waals surface area contributed by atoms with E-state index in [0.717, 1.165) is 17.5 Å². The molecule has 0 bridgehead atoms. The number of carbonyl (C=O) groups excluding carboxylic acids is 1. The molecule has 2 aromatic rings. The molecule has 2 aromatic carbocycles. The molecule has 1 amide bonds. The molecule has 3 nitrogen and oxygen atoms in total. The Morgan fingerprint density at radius 3 is 2.19 bits per heavy atom. The van der Waals surface area contributed by atoms with Crippen LogP contribution in [0.2, 0.25) is 0 Å². The molecule has 1 saturated carbocycles. The van der Waals surface area contributed by atoms with Crippen molar-refractivity contribution in [3.63, 3.8) is 0 Å². The van der Waals surface area contributed by atoms with Crippen molar-refractivity contribution in [1.82, 2.24) is 4.90 Å². The van der Waals surface area contributed by atoms with Crippen molar-refractivity contribution < 1.29 is 9.90 Å². The quantitative estimate of drug-likeness (QED) is 0.458. The van der Waals surface area contributed by atoms with Crippen LogP contribution >= 0.6 is 11.8 Å². The van der Waals surface area contributed by atoms with Crippen LogP contribution in [-0.2, 0) is 4.79 Å². The summed E-state index contributed by atoms with van der Waals surface area (Å²) in [6.45, 7) is 6.32. The number of aliphatic hydroxyl groups excluding tert-OH is 1. The highest BCUT2D eigenvalue weighted by molar-refractivity contribution is 7.99. The first-order chi connectivity index (χ1) is 14.9. The lowest BCUT2D eigenvalue weighted by molar-refractivity contribution is -0.136. The van der Waals surface area contributed by atoms with Gasteiger partial charge in [0.2, 0.25) is 5.91 Å². The molecule has 0 aliphatic heterocycles. The maximum absolute atomic E-state index is 13.7. The summed E-state index contributed by atoms with van der Waals surface area (Å²) in [7, 11) is 1.84. The smallest absolute Gasteiger partial charge is 0.230 e. The molecule has 168 valence electrons. The lowest BCUT2D eigenvalue weighted by Crippen LogP contribution is -2.42. The molecule has 1 aliphatic rings. The Balaban J connectivity index is 1.79. The van der Waals surface area contributed by atoms with Crippen molar-refractivity contribution in [3.8, 4) is 0 Å². The third kappa shape index (κ3) is 6.36. The Bertz CT molecular complexity index is 815. The molecule has 1 aliphatic carbocycles. The second kappa shape index (κ2) is 11.2. The summed E-state index contributed by atoms with van der Waals surface area (Å²) >= 11 is 1.84. The summed E-state index contributed by atoms with van der Waals surface area (Å²) in [6, 6.07) is 17.9. The number of thioether (sulfide) groups is 1. The molecule has 0 heterocycles. The van der Waals surface area contributed by atoms with E-state index in [1.165, 1.54) is 30.6 Å². The number of aliphatic hydroxyl groups is 1. The van der Waals surface area contributed by atoms with Crippen LogP contribution in [0.3, 0.4) is 0 Å². The lowest BCUT2D eigenvalue weighted by Gasteiger charge is -2.33. The van der Waals surface area contributed by atoms with Gasteiger partial charge in [0.05, 0.1) is 18.1 Å². The number of benzene rings is 2. The zero-order chi connectivity index (χ0) is 22.4. The van der Waals surface area contributed by atoms with Gasteiger partial charge in [0.25, 0.3) is 0 Å². The van der Waals surface area contributed by atoms with E-state index in [0.29, 0.717) is 11.2 Å². The maximum atomic E-state index is 13.7. The van der Waals surface area contributed by atoms with E-state index in [1.807, 2.05) is 56.1 Å². The molecular formula is C27H37NO2S. The minimum absolute atomic E-state index is 0.110. The Hall–Kier alpha value is -1.78. The molecule has 0 spiro atoms. The number of amides is 1. The van der Waals surface area contributed by atoms with Gasteiger partial charge in [-0.3, -0.25) is 4.79 Å². The lowest BCUT2D eigenvalue weighted by atomic mass is 9.86. The first kappa shape index (κ1) is 23.9. The van der Waals surface area contributed by atoms with Gasteiger partial charge < -0.3 is 10.0 Å². The van der Waals surface area contributed by atoms with Crippen LogP contribution in [0.5, 0.6) is 0 Å². The molecule has 4 heteroatoms.